The van der Waals surface area contributed by atoms with Gasteiger partial charge in [0.05, 0.1) is 10.7 Å². The molecule has 0 aliphatic carbocycles. The molecular formula is C21H23ClN4O. The van der Waals surface area contributed by atoms with E-state index in [4.69, 9.17) is 11.6 Å². The van der Waals surface area contributed by atoms with E-state index in [1.54, 1.807) is 6.07 Å². The van der Waals surface area contributed by atoms with Gasteiger partial charge >= 0.3 is 0 Å². The fourth-order valence-corrected chi connectivity index (χ4v) is 2.74. The minimum atomic E-state index is 0.0685. The Labute approximate surface area is 164 Å². The summed E-state index contributed by atoms with van der Waals surface area (Å²) < 4.78 is 0. The molecule has 27 heavy (non-hydrogen) atoms. The van der Waals surface area contributed by atoms with E-state index >= 15 is 0 Å². The molecule has 5 nitrogen and oxygen atoms in total. The van der Waals surface area contributed by atoms with Gasteiger partial charge in [0.25, 0.3) is 0 Å². The summed E-state index contributed by atoms with van der Waals surface area (Å²) in [5, 5.41) is 6.47. The lowest BCUT2D eigenvalue weighted by molar-refractivity contribution is 0.818. The third-order valence-corrected chi connectivity index (χ3v) is 4.29. The maximum absolute atomic E-state index is 10.9. The van der Waals surface area contributed by atoms with E-state index in [0.29, 0.717) is 28.7 Å². The quantitative estimate of drug-likeness (QED) is 0.422. The molecule has 0 saturated carbocycles. The highest BCUT2D eigenvalue weighted by molar-refractivity contribution is 6.34. The first kappa shape index (κ1) is 20.7. The molecule has 0 saturated heterocycles. The van der Waals surface area contributed by atoms with Crippen LogP contribution in [0.25, 0.3) is 5.70 Å². The maximum atomic E-state index is 10.9. The zero-order valence-corrected chi connectivity index (χ0v) is 16.5. The van der Waals surface area contributed by atoms with Gasteiger partial charge in [-0.15, -0.1) is 4.91 Å². The molecule has 0 aliphatic rings. The van der Waals surface area contributed by atoms with Crippen molar-refractivity contribution in [3.05, 3.63) is 81.2 Å². The lowest BCUT2D eigenvalue weighted by atomic mass is 10.1. The number of amidine groups is 2. The van der Waals surface area contributed by atoms with Gasteiger partial charge in [-0.3, -0.25) is 0 Å². The molecule has 0 radical (unpaired) electrons. The van der Waals surface area contributed by atoms with Crippen molar-refractivity contribution in [3.63, 3.8) is 0 Å². The van der Waals surface area contributed by atoms with E-state index in [1.807, 2.05) is 37.4 Å². The minimum Gasteiger partial charge on any atom is -0.316 e. The van der Waals surface area contributed by atoms with Crippen molar-refractivity contribution in [3.8, 4) is 0 Å². The fraction of sp³-hybridized carbons (Fsp3) is 0.238. The number of aryl methyl sites for hydroxylation is 1. The van der Waals surface area contributed by atoms with Crippen LogP contribution in [0.4, 0.5) is 0 Å². The van der Waals surface area contributed by atoms with Crippen LogP contribution < -0.4 is 5.32 Å². The molecule has 2 aromatic rings. The topological polar surface area (TPSA) is 66.2 Å². The summed E-state index contributed by atoms with van der Waals surface area (Å²) in [5.41, 5.74) is 4.27. The summed E-state index contributed by atoms with van der Waals surface area (Å²) in [6, 6.07) is 13.6. The highest BCUT2D eigenvalue weighted by Gasteiger charge is 2.11. The van der Waals surface area contributed by atoms with Crippen molar-refractivity contribution in [1.29, 1.82) is 0 Å². The lowest BCUT2D eigenvalue weighted by Gasteiger charge is -2.09. The Kier molecular flexibility index (Phi) is 7.58. The number of nitrogens with one attached hydrogen (secondary N) is 1. The van der Waals surface area contributed by atoms with Gasteiger partial charge in [-0.2, -0.15) is 0 Å². The molecule has 0 unspecified atom stereocenters. The van der Waals surface area contributed by atoms with Crippen molar-refractivity contribution in [2.75, 3.05) is 7.05 Å². The average molecular weight is 383 g/mol. The molecule has 0 spiro atoms. The van der Waals surface area contributed by atoms with Gasteiger partial charge in [0, 0.05) is 12.1 Å². The Morgan fingerprint density at radius 2 is 1.93 bits per heavy atom. The van der Waals surface area contributed by atoms with Crippen LogP contribution in [0.2, 0.25) is 5.02 Å². The molecule has 0 heterocycles. The monoisotopic (exact) mass is 382 g/mol. The Bertz CT molecular complexity index is 903. The van der Waals surface area contributed by atoms with Gasteiger partial charge in [-0.05, 0) is 60.5 Å². The normalized spacial score (nSPS) is 12.1. The molecule has 0 amide bonds. The Balaban J connectivity index is 2.54. The molecular weight excluding hydrogens is 360 g/mol. The van der Waals surface area contributed by atoms with Crippen molar-refractivity contribution >= 4 is 29.0 Å². The third-order valence-electron chi connectivity index (χ3n) is 3.96. The zero-order chi connectivity index (χ0) is 19.8. The highest BCUT2D eigenvalue weighted by atomic mass is 35.5. The standard InChI is InChI=1S/C21H23ClN4O/c1-5-16-7-6-8-18(11-16)14(2)24-21(25-15(3)26-27)19-12-17(13-23-4)9-10-20(19)22/h6-12,23H,2,5,13H2,1,3-4H3/b24-21-,25-15+. The summed E-state index contributed by atoms with van der Waals surface area (Å²) >= 11 is 6.39. The first-order chi connectivity index (χ1) is 13.0. The summed E-state index contributed by atoms with van der Waals surface area (Å²) in [4.78, 5) is 19.7. The largest absolute Gasteiger partial charge is 0.316 e. The second-order valence-corrected chi connectivity index (χ2v) is 6.44. The maximum Gasteiger partial charge on any atom is 0.172 e. The fourth-order valence-electron chi connectivity index (χ4n) is 2.54. The molecule has 2 rings (SSSR count). The molecule has 0 bridgehead atoms. The van der Waals surface area contributed by atoms with E-state index in [-0.39, 0.29) is 5.84 Å². The molecule has 6 heteroatoms. The van der Waals surface area contributed by atoms with Crippen molar-refractivity contribution in [1.82, 2.24) is 5.32 Å². The van der Waals surface area contributed by atoms with E-state index in [0.717, 1.165) is 17.5 Å². The molecule has 0 aliphatic heterocycles. The first-order valence-corrected chi connectivity index (χ1v) is 9.05. The summed E-state index contributed by atoms with van der Waals surface area (Å²) in [7, 11) is 1.87. The Hall–Kier alpha value is -2.63. The Morgan fingerprint density at radius 1 is 1.15 bits per heavy atom. The lowest BCUT2D eigenvalue weighted by Crippen LogP contribution is -2.08. The van der Waals surface area contributed by atoms with Gasteiger partial charge < -0.3 is 5.32 Å². The number of hydrogen-bond donors (Lipinski definition) is 1. The predicted octanol–water partition coefficient (Wildman–Crippen LogP) is 5.22. The number of nitroso groups, excluding NO2 is 1. The van der Waals surface area contributed by atoms with Crippen molar-refractivity contribution in [2.24, 2.45) is 15.2 Å². The van der Waals surface area contributed by atoms with Crippen LogP contribution in [0, 0.1) is 4.91 Å². The second kappa shape index (κ2) is 9.90. The summed E-state index contributed by atoms with van der Waals surface area (Å²) in [6.45, 7) is 8.35. The van der Waals surface area contributed by atoms with Crippen LogP contribution >= 0.6 is 11.6 Å². The molecule has 0 aromatic heterocycles. The van der Waals surface area contributed by atoms with E-state index in [9.17, 15) is 4.91 Å². The van der Waals surface area contributed by atoms with Crippen LogP contribution in [-0.2, 0) is 13.0 Å². The van der Waals surface area contributed by atoms with Crippen molar-refractivity contribution < 1.29 is 0 Å². The average Bonchev–Trinajstić information content (AvgIpc) is 2.69. The number of halogens is 1. The summed E-state index contributed by atoms with van der Waals surface area (Å²) in [5.74, 6) is 0.376. The molecule has 0 fully saturated rings. The van der Waals surface area contributed by atoms with E-state index in [2.05, 4.69) is 40.0 Å². The molecule has 0 atom stereocenters. The van der Waals surface area contributed by atoms with E-state index < -0.39 is 0 Å². The van der Waals surface area contributed by atoms with Crippen LogP contribution in [-0.4, -0.2) is 18.7 Å². The first-order valence-electron chi connectivity index (χ1n) is 8.67. The molecule has 1 N–H and O–H groups in total. The Morgan fingerprint density at radius 3 is 2.59 bits per heavy atom. The van der Waals surface area contributed by atoms with Crippen LogP contribution in [0.3, 0.4) is 0 Å². The summed E-state index contributed by atoms with van der Waals surface area (Å²) in [6.07, 6.45) is 0.919. The van der Waals surface area contributed by atoms with Crippen LogP contribution in [0.15, 0.2) is 64.2 Å². The zero-order valence-electron chi connectivity index (χ0n) is 15.8. The number of hydrogen-bond acceptors (Lipinski definition) is 3. The molecule has 140 valence electrons. The van der Waals surface area contributed by atoms with Gasteiger partial charge in [0.2, 0.25) is 0 Å². The third kappa shape index (κ3) is 5.67. The second-order valence-electron chi connectivity index (χ2n) is 6.03. The number of rotatable bonds is 6. The van der Waals surface area contributed by atoms with Gasteiger partial charge in [0.1, 0.15) is 0 Å². The minimum absolute atomic E-state index is 0.0685. The van der Waals surface area contributed by atoms with Gasteiger partial charge in [-0.1, -0.05) is 49.4 Å². The predicted molar refractivity (Wildman–Crippen MR) is 115 cm³/mol. The number of benzene rings is 2. The highest BCUT2D eigenvalue weighted by Crippen LogP contribution is 2.23. The van der Waals surface area contributed by atoms with Crippen molar-refractivity contribution in [2.45, 2.75) is 26.8 Å². The number of aliphatic imine (C=N–C) groups is 2. The smallest absolute Gasteiger partial charge is 0.172 e. The SMILES string of the molecule is C=C(/N=C(\N=C(/C)N=O)c1cc(CNC)ccc1Cl)c1cccc(CC)c1. The van der Waals surface area contributed by atoms with Crippen LogP contribution in [0.5, 0.6) is 0 Å². The van der Waals surface area contributed by atoms with Gasteiger partial charge in [-0.25, -0.2) is 9.98 Å². The number of nitrogens with zero attached hydrogens (tertiary/aromatic N) is 3. The van der Waals surface area contributed by atoms with Crippen LogP contribution in [0.1, 0.15) is 36.1 Å². The van der Waals surface area contributed by atoms with Gasteiger partial charge in [0.15, 0.2) is 11.7 Å². The van der Waals surface area contributed by atoms with E-state index in [1.165, 1.54) is 12.5 Å². The molecule has 2 aromatic carbocycles.